The molecule has 0 radical (unpaired) electrons. The van der Waals surface area contributed by atoms with Crippen molar-refractivity contribution in [2.45, 2.75) is 32.2 Å². The summed E-state index contributed by atoms with van der Waals surface area (Å²) < 4.78 is 2.15. The van der Waals surface area contributed by atoms with Crippen LogP contribution in [0.15, 0.2) is 54.6 Å². The summed E-state index contributed by atoms with van der Waals surface area (Å²) in [5.41, 5.74) is 2.43. The average Bonchev–Trinajstić information content (AvgIpc) is 2.96. The lowest BCUT2D eigenvalue weighted by Gasteiger charge is -2.10. The molecule has 1 amide bonds. The molecule has 3 aromatic rings. The largest absolute Gasteiger partial charge is 0.322 e. The molecule has 0 saturated heterocycles. The second-order valence-electron chi connectivity index (χ2n) is 6.83. The number of carbonyl (C=O) groups is 1. The van der Waals surface area contributed by atoms with Gasteiger partial charge in [-0.1, -0.05) is 48.4 Å². The molecule has 6 heteroatoms. The molecule has 1 aliphatic heterocycles. The van der Waals surface area contributed by atoms with Crippen LogP contribution in [0.5, 0.6) is 0 Å². The van der Waals surface area contributed by atoms with Gasteiger partial charge in [0, 0.05) is 30.3 Å². The minimum atomic E-state index is -0.197. The quantitative estimate of drug-likeness (QED) is 0.637. The Morgan fingerprint density at radius 3 is 2.79 bits per heavy atom. The number of nitrogens with one attached hydrogen (secondary N) is 1. The summed E-state index contributed by atoms with van der Waals surface area (Å²) in [5, 5.41) is 12.2. The molecule has 1 aromatic heterocycles. The summed E-state index contributed by atoms with van der Waals surface area (Å²) in [6.07, 6.45) is 7.68. The van der Waals surface area contributed by atoms with Crippen LogP contribution in [-0.4, -0.2) is 20.7 Å². The minimum absolute atomic E-state index is 0.197. The first-order valence-electron chi connectivity index (χ1n) is 9.47. The zero-order valence-electron chi connectivity index (χ0n) is 15.4. The molecule has 0 spiro atoms. The third kappa shape index (κ3) is 4.15. The Bertz CT molecular complexity index is 1010. The van der Waals surface area contributed by atoms with Crippen LogP contribution in [0.3, 0.4) is 0 Å². The van der Waals surface area contributed by atoms with Crippen LogP contribution in [0, 0.1) is 0 Å². The van der Waals surface area contributed by atoms with E-state index in [0.717, 1.165) is 48.6 Å². The number of aryl methyl sites for hydroxylation is 1. The SMILES string of the molecule is O=C(/C=C/c1ccccc1)Nc1ccc(Cl)c(-c2nnc3n2CCCCC3)c1. The van der Waals surface area contributed by atoms with E-state index in [4.69, 9.17) is 11.6 Å². The number of hydrogen-bond acceptors (Lipinski definition) is 3. The van der Waals surface area contributed by atoms with Gasteiger partial charge in [-0.15, -0.1) is 10.2 Å². The van der Waals surface area contributed by atoms with Crippen LogP contribution in [-0.2, 0) is 17.8 Å². The maximum absolute atomic E-state index is 12.3. The number of benzene rings is 2. The van der Waals surface area contributed by atoms with Crippen molar-refractivity contribution in [1.29, 1.82) is 0 Å². The number of hydrogen-bond donors (Lipinski definition) is 1. The smallest absolute Gasteiger partial charge is 0.248 e. The number of carbonyl (C=O) groups excluding carboxylic acids is 1. The summed E-state index contributed by atoms with van der Waals surface area (Å²) in [6.45, 7) is 0.893. The fourth-order valence-electron chi connectivity index (χ4n) is 3.38. The fraction of sp³-hybridized carbons (Fsp3) is 0.227. The maximum atomic E-state index is 12.3. The molecule has 142 valence electrons. The Labute approximate surface area is 169 Å². The highest BCUT2D eigenvalue weighted by atomic mass is 35.5. The lowest BCUT2D eigenvalue weighted by Crippen LogP contribution is -2.08. The second kappa shape index (κ2) is 8.40. The number of fused-ring (bicyclic) bond motifs is 1. The first-order chi connectivity index (χ1) is 13.7. The van der Waals surface area contributed by atoms with Crippen molar-refractivity contribution in [3.05, 3.63) is 71.0 Å². The Balaban J connectivity index is 1.55. The van der Waals surface area contributed by atoms with Crippen molar-refractivity contribution in [3.8, 4) is 11.4 Å². The average molecular weight is 393 g/mol. The molecule has 2 aromatic carbocycles. The van der Waals surface area contributed by atoms with Crippen LogP contribution in [0.2, 0.25) is 5.02 Å². The number of aromatic nitrogens is 3. The number of rotatable bonds is 4. The van der Waals surface area contributed by atoms with Gasteiger partial charge in [0.15, 0.2) is 5.82 Å². The van der Waals surface area contributed by atoms with Gasteiger partial charge >= 0.3 is 0 Å². The number of anilines is 1. The standard InChI is InChI=1S/C22H21ClN4O/c23-19-12-11-17(24-21(28)13-10-16-7-3-1-4-8-16)15-18(19)22-26-25-20-9-5-2-6-14-27(20)22/h1,3-4,7-8,10-13,15H,2,5-6,9,14H2,(H,24,28)/b13-10+. The van der Waals surface area contributed by atoms with E-state index in [0.29, 0.717) is 10.7 Å². The fourth-order valence-corrected chi connectivity index (χ4v) is 3.58. The van der Waals surface area contributed by atoms with E-state index in [1.165, 1.54) is 12.5 Å². The normalized spacial score (nSPS) is 13.9. The summed E-state index contributed by atoms with van der Waals surface area (Å²) in [6, 6.07) is 15.1. The van der Waals surface area contributed by atoms with E-state index in [1.54, 1.807) is 18.2 Å². The van der Waals surface area contributed by atoms with E-state index < -0.39 is 0 Å². The molecule has 0 bridgehead atoms. The van der Waals surface area contributed by atoms with Crippen LogP contribution in [0.25, 0.3) is 17.5 Å². The van der Waals surface area contributed by atoms with Crippen molar-refractivity contribution >= 4 is 29.3 Å². The van der Waals surface area contributed by atoms with Crippen LogP contribution in [0.1, 0.15) is 30.7 Å². The van der Waals surface area contributed by atoms with Gasteiger partial charge < -0.3 is 9.88 Å². The molecule has 4 rings (SSSR count). The van der Waals surface area contributed by atoms with Crippen molar-refractivity contribution in [3.63, 3.8) is 0 Å². The summed E-state index contributed by atoms with van der Waals surface area (Å²) in [4.78, 5) is 12.3. The summed E-state index contributed by atoms with van der Waals surface area (Å²) in [5.74, 6) is 1.57. The molecule has 0 aliphatic carbocycles. The molecule has 0 fully saturated rings. The first kappa shape index (κ1) is 18.4. The van der Waals surface area contributed by atoms with Gasteiger partial charge in [-0.05, 0) is 42.7 Å². The predicted octanol–water partition coefficient (Wildman–Crippen LogP) is 4.98. The lowest BCUT2D eigenvalue weighted by atomic mass is 10.1. The third-order valence-corrected chi connectivity index (χ3v) is 5.14. The molecule has 2 heterocycles. The van der Waals surface area contributed by atoms with Crippen molar-refractivity contribution in [2.75, 3.05) is 5.32 Å². The second-order valence-corrected chi connectivity index (χ2v) is 7.24. The Morgan fingerprint density at radius 2 is 1.93 bits per heavy atom. The molecular formula is C22H21ClN4O. The van der Waals surface area contributed by atoms with E-state index in [-0.39, 0.29) is 5.91 Å². The number of halogens is 1. The zero-order chi connectivity index (χ0) is 19.3. The van der Waals surface area contributed by atoms with Crippen LogP contribution in [0.4, 0.5) is 5.69 Å². The molecule has 0 saturated carbocycles. The highest BCUT2D eigenvalue weighted by Gasteiger charge is 2.18. The third-order valence-electron chi connectivity index (χ3n) is 4.81. The molecule has 5 nitrogen and oxygen atoms in total. The molecule has 1 aliphatic rings. The van der Waals surface area contributed by atoms with Gasteiger partial charge in [-0.25, -0.2) is 0 Å². The first-order valence-corrected chi connectivity index (χ1v) is 9.84. The van der Waals surface area contributed by atoms with Gasteiger partial charge in [0.2, 0.25) is 5.91 Å². The van der Waals surface area contributed by atoms with Crippen LogP contribution < -0.4 is 5.32 Å². The lowest BCUT2D eigenvalue weighted by molar-refractivity contribution is -0.111. The molecule has 0 unspecified atom stereocenters. The topological polar surface area (TPSA) is 59.8 Å². The molecule has 0 atom stereocenters. The van der Waals surface area contributed by atoms with E-state index >= 15 is 0 Å². The molecular weight excluding hydrogens is 372 g/mol. The Hall–Kier alpha value is -2.92. The summed E-state index contributed by atoms with van der Waals surface area (Å²) in [7, 11) is 0. The zero-order valence-corrected chi connectivity index (χ0v) is 16.2. The molecule has 28 heavy (non-hydrogen) atoms. The number of amides is 1. The van der Waals surface area contributed by atoms with Gasteiger partial charge in [-0.3, -0.25) is 4.79 Å². The Kier molecular flexibility index (Phi) is 5.53. The van der Waals surface area contributed by atoms with Gasteiger partial charge in [0.05, 0.1) is 5.02 Å². The van der Waals surface area contributed by atoms with E-state index in [9.17, 15) is 4.79 Å². The van der Waals surface area contributed by atoms with Crippen LogP contribution >= 0.6 is 11.6 Å². The highest BCUT2D eigenvalue weighted by Crippen LogP contribution is 2.31. The van der Waals surface area contributed by atoms with Crippen molar-refractivity contribution < 1.29 is 4.79 Å². The maximum Gasteiger partial charge on any atom is 0.248 e. The van der Waals surface area contributed by atoms with Crippen molar-refractivity contribution in [1.82, 2.24) is 14.8 Å². The highest BCUT2D eigenvalue weighted by molar-refractivity contribution is 6.33. The van der Waals surface area contributed by atoms with E-state index in [1.807, 2.05) is 36.4 Å². The molecule has 1 N–H and O–H groups in total. The summed E-state index contributed by atoms with van der Waals surface area (Å²) >= 11 is 6.44. The minimum Gasteiger partial charge on any atom is -0.322 e. The van der Waals surface area contributed by atoms with Gasteiger partial charge in [0.1, 0.15) is 5.82 Å². The van der Waals surface area contributed by atoms with Gasteiger partial charge in [0.25, 0.3) is 0 Å². The van der Waals surface area contributed by atoms with Crippen molar-refractivity contribution in [2.24, 2.45) is 0 Å². The monoisotopic (exact) mass is 392 g/mol. The van der Waals surface area contributed by atoms with E-state index in [2.05, 4.69) is 20.1 Å². The van der Waals surface area contributed by atoms with Gasteiger partial charge in [-0.2, -0.15) is 0 Å². The number of nitrogens with zero attached hydrogens (tertiary/aromatic N) is 3. The Morgan fingerprint density at radius 1 is 1.07 bits per heavy atom. The predicted molar refractivity (Wildman–Crippen MR) is 112 cm³/mol.